The second-order valence-electron chi connectivity index (χ2n) is 14.1. The zero-order chi connectivity index (χ0) is 40.9. The lowest BCUT2D eigenvalue weighted by Gasteiger charge is -2.36. The standard InChI is InChI=1S/C48H39Cl2NSSi/c1-48(2,3)36-25-27-37(28-26-36)51(45-33-52-46-29-24-35(30-42(45)46)34-16-8-4-9-17-34)44-32-41(31-43(49)47(44)50)53(38-18-10-5-11-19-38,39-20-12-6-13-21-39)40-22-14-7-15-23-40/h4-33H,1-3H3/i4D,8D,9D,16D,17D. The largest absolute Gasteiger partial charge is 0.307 e. The van der Waals surface area contributed by atoms with Gasteiger partial charge in [0.1, 0.15) is 0 Å². The topological polar surface area (TPSA) is 3.24 Å². The molecular formula is C48H39Cl2NSSi. The molecule has 0 saturated carbocycles. The first kappa shape index (κ1) is 29.5. The molecule has 7 aromatic carbocycles. The molecule has 0 atom stereocenters. The summed E-state index contributed by atoms with van der Waals surface area (Å²) in [6.07, 6.45) is 0. The van der Waals surface area contributed by atoms with Crippen LogP contribution in [0, 0.1) is 0 Å². The smallest absolute Gasteiger partial charge is 0.179 e. The number of fused-ring (bicyclic) bond motifs is 1. The minimum absolute atomic E-state index is 0.0790. The van der Waals surface area contributed by atoms with Crippen molar-refractivity contribution in [2.45, 2.75) is 26.2 Å². The third kappa shape index (κ3) is 6.53. The summed E-state index contributed by atoms with van der Waals surface area (Å²) in [6.45, 7) is 6.56. The fraction of sp³-hybridized carbons (Fsp3) is 0.0833. The van der Waals surface area contributed by atoms with Crippen LogP contribution in [-0.2, 0) is 5.41 Å². The lowest BCUT2D eigenvalue weighted by Crippen LogP contribution is -2.74. The van der Waals surface area contributed by atoms with Crippen molar-refractivity contribution in [2.24, 2.45) is 0 Å². The summed E-state index contributed by atoms with van der Waals surface area (Å²) in [7, 11) is -3.05. The predicted octanol–water partition coefficient (Wildman–Crippen LogP) is 12.0. The molecule has 0 fully saturated rings. The molecular weight excluding hydrogens is 722 g/mol. The van der Waals surface area contributed by atoms with E-state index < -0.39 is 14.1 Å². The fourth-order valence-corrected chi connectivity index (χ4v) is 13.5. The van der Waals surface area contributed by atoms with Crippen molar-refractivity contribution in [3.63, 3.8) is 0 Å². The van der Waals surface area contributed by atoms with Crippen molar-refractivity contribution in [3.8, 4) is 11.1 Å². The highest BCUT2D eigenvalue weighted by Gasteiger charge is 2.42. The van der Waals surface area contributed by atoms with Crippen LogP contribution < -0.4 is 25.6 Å². The van der Waals surface area contributed by atoms with Gasteiger partial charge in [-0.25, -0.2) is 0 Å². The van der Waals surface area contributed by atoms with Crippen LogP contribution in [0.1, 0.15) is 33.2 Å². The molecule has 260 valence electrons. The summed E-state index contributed by atoms with van der Waals surface area (Å²) in [4.78, 5) is 2.15. The number of benzene rings is 7. The minimum atomic E-state index is -3.05. The first-order chi connectivity index (χ1) is 27.8. The van der Waals surface area contributed by atoms with E-state index in [1.54, 1.807) is 11.3 Å². The molecule has 53 heavy (non-hydrogen) atoms. The Hall–Kier alpha value is -4.90. The van der Waals surface area contributed by atoms with Gasteiger partial charge in [-0.15, -0.1) is 11.3 Å². The number of hydrogen-bond acceptors (Lipinski definition) is 2. The lowest BCUT2D eigenvalue weighted by molar-refractivity contribution is 0.590. The Morgan fingerprint density at radius 3 is 1.70 bits per heavy atom. The SMILES string of the molecule is [2H]c1c([2H])c([2H])c(-c2ccc3scc(N(c4ccc(C(C)(C)C)cc4)c4cc([Si](c5ccccc5)(c5ccccc5)c5ccccc5)cc(Cl)c4Cl)c3c2)c([2H])c1[2H]. The van der Waals surface area contributed by atoms with E-state index in [0.29, 0.717) is 21.3 Å². The van der Waals surface area contributed by atoms with Crippen LogP contribution in [0.25, 0.3) is 21.2 Å². The monoisotopic (exact) mass is 764 g/mol. The summed E-state index contributed by atoms with van der Waals surface area (Å²) >= 11 is 16.3. The summed E-state index contributed by atoms with van der Waals surface area (Å²) in [6, 6.07) is 48.7. The van der Waals surface area contributed by atoms with Crippen LogP contribution in [0.5, 0.6) is 0 Å². The van der Waals surface area contributed by atoms with Gasteiger partial charge in [0.2, 0.25) is 0 Å². The molecule has 0 bridgehead atoms. The zero-order valence-electron chi connectivity index (χ0n) is 34.5. The van der Waals surface area contributed by atoms with Crippen molar-refractivity contribution in [1.82, 2.24) is 0 Å². The molecule has 0 aliphatic heterocycles. The van der Waals surface area contributed by atoms with Crippen LogP contribution in [0.4, 0.5) is 17.1 Å². The highest BCUT2D eigenvalue weighted by atomic mass is 35.5. The Morgan fingerprint density at radius 1 is 0.585 bits per heavy atom. The van der Waals surface area contributed by atoms with Gasteiger partial charge in [-0.2, -0.15) is 0 Å². The molecule has 1 nitrogen and oxygen atoms in total. The Labute approximate surface area is 334 Å². The maximum absolute atomic E-state index is 8.76. The van der Waals surface area contributed by atoms with E-state index in [0.717, 1.165) is 26.6 Å². The van der Waals surface area contributed by atoms with Crippen LogP contribution in [-0.4, -0.2) is 8.07 Å². The van der Waals surface area contributed by atoms with Crippen LogP contribution >= 0.6 is 34.5 Å². The van der Waals surface area contributed by atoms with Crippen molar-refractivity contribution in [3.05, 3.63) is 197 Å². The number of nitrogens with zero attached hydrogens (tertiary/aromatic N) is 1. The second-order valence-corrected chi connectivity index (χ2v) is 19.6. The number of anilines is 3. The van der Waals surface area contributed by atoms with Crippen molar-refractivity contribution in [2.75, 3.05) is 4.90 Å². The van der Waals surface area contributed by atoms with Gasteiger partial charge in [0.05, 0.1) is 28.3 Å². The van der Waals surface area contributed by atoms with E-state index in [1.165, 1.54) is 21.1 Å². The van der Waals surface area contributed by atoms with Crippen molar-refractivity contribution in [1.29, 1.82) is 0 Å². The number of halogens is 2. The normalized spacial score (nSPS) is 13.2. The summed E-state index contributed by atoms with van der Waals surface area (Å²) in [5.41, 5.74) is 4.15. The van der Waals surface area contributed by atoms with Crippen molar-refractivity contribution >= 4 is 90.5 Å². The van der Waals surface area contributed by atoms with Crippen LogP contribution in [0.15, 0.2) is 181 Å². The van der Waals surface area contributed by atoms with Crippen LogP contribution in [0.3, 0.4) is 0 Å². The third-order valence-electron chi connectivity index (χ3n) is 9.88. The van der Waals surface area contributed by atoms with E-state index in [4.69, 9.17) is 30.1 Å². The summed E-state index contributed by atoms with van der Waals surface area (Å²) in [5, 5.41) is 8.38. The Kier molecular flexibility index (Phi) is 8.08. The molecule has 8 rings (SSSR count). The Morgan fingerprint density at radius 2 is 1.15 bits per heavy atom. The average Bonchev–Trinajstić information content (AvgIpc) is 3.65. The average molecular weight is 766 g/mol. The number of rotatable bonds is 8. The molecule has 0 saturated heterocycles. The van der Waals surface area contributed by atoms with Gasteiger partial charge in [-0.3, -0.25) is 0 Å². The molecule has 0 spiro atoms. The van der Waals surface area contributed by atoms with E-state index >= 15 is 0 Å². The molecule has 8 aromatic rings. The highest BCUT2D eigenvalue weighted by Crippen LogP contribution is 2.47. The molecule has 0 amide bonds. The number of hydrogen-bond donors (Lipinski definition) is 0. The molecule has 0 N–H and O–H groups in total. The predicted molar refractivity (Wildman–Crippen MR) is 234 cm³/mol. The zero-order valence-corrected chi connectivity index (χ0v) is 32.9. The summed E-state index contributed by atoms with van der Waals surface area (Å²) in [5.74, 6) is 0. The third-order valence-corrected chi connectivity index (χ3v) is 16.4. The van der Waals surface area contributed by atoms with E-state index in [9.17, 15) is 0 Å². The van der Waals surface area contributed by atoms with E-state index in [2.05, 4.69) is 134 Å². The fourth-order valence-electron chi connectivity index (χ4n) is 7.28. The first-order valence-electron chi connectivity index (χ1n) is 20.0. The lowest BCUT2D eigenvalue weighted by atomic mass is 9.87. The molecule has 0 aliphatic carbocycles. The van der Waals surface area contributed by atoms with E-state index in [1.807, 2.05) is 42.5 Å². The van der Waals surface area contributed by atoms with Gasteiger partial charge in [-0.05, 0) is 79.3 Å². The van der Waals surface area contributed by atoms with Gasteiger partial charge >= 0.3 is 0 Å². The second kappa shape index (κ2) is 14.5. The molecule has 5 heteroatoms. The molecule has 0 unspecified atom stereocenters. The van der Waals surface area contributed by atoms with Crippen LogP contribution in [0.2, 0.25) is 10.0 Å². The van der Waals surface area contributed by atoms with Gasteiger partial charge in [0, 0.05) is 21.2 Å². The minimum Gasteiger partial charge on any atom is -0.307 e. The highest BCUT2D eigenvalue weighted by molar-refractivity contribution is 7.20. The van der Waals surface area contributed by atoms with Crippen molar-refractivity contribution < 1.29 is 6.85 Å². The maximum atomic E-state index is 8.76. The van der Waals surface area contributed by atoms with E-state index in [-0.39, 0.29) is 35.1 Å². The maximum Gasteiger partial charge on any atom is 0.179 e. The summed E-state index contributed by atoms with van der Waals surface area (Å²) < 4.78 is 43.4. The van der Waals surface area contributed by atoms with Gasteiger partial charge in [-0.1, -0.05) is 183 Å². The Balaban J connectivity index is 1.44. The van der Waals surface area contributed by atoms with Gasteiger partial charge < -0.3 is 4.90 Å². The Bertz CT molecular complexity index is 2670. The molecule has 0 aliphatic rings. The quantitative estimate of drug-likeness (QED) is 0.110. The molecule has 0 radical (unpaired) electrons. The molecule has 1 heterocycles. The first-order valence-corrected chi connectivity index (χ1v) is 21.1. The van der Waals surface area contributed by atoms with Gasteiger partial charge in [0.15, 0.2) is 8.07 Å². The number of thiophene rings is 1. The van der Waals surface area contributed by atoms with Gasteiger partial charge in [0.25, 0.3) is 0 Å². The molecule has 1 aromatic heterocycles.